The zero-order valence-corrected chi connectivity index (χ0v) is 24.4. The third-order valence-electron chi connectivity index (χ3n) is 7.82. The molecule has 1 aromatic rings. The van der Waals surface area contributed by atoms with E-state index in [0.717, 1.165) is 43.2 Å². The predicted octanol–water partition coefficient (Wildman–Crippen LogP) is 5.98. The lowest BCUT2D eigenvalue weighted by Gasteiger charge is -2.33. The van der Waals surface area contributed by atoms with Gasteiger partial charge in [-0.2, -0.15) is 0 Å². The predicted molar refractivity (Wildman–Crippen MR) is 150 cm³/mol. The Balaban J connectivity index is 2.27. The Morgan fingerprint density at radius 3 is 2.36 bits per heavy atom. The molecule has 1 aromatic carbocycles. The largest absolute Gasteiger partial charge is 0.466 e. The van der Waals surface area contributed by atoms with Gasteiger partial charge >= 0.3 is 11.9 Å². The van der Waals surface area contributed by atoms with E-state index in [1.807, 2.05) is 24.3 Å². The van der Waals surface area contributed by atoms with E-state index in [4.69, 9.17) is 14.2 Å². The van der Waals surface area contributed by atoms with Crippen LogP contribution in [0.3, 0.4) is 0 Å². The quantitative estimate of drug-likeness (QED) is 0.120. The fourth-order valence-corrected chi connectivity index (χ4v) is 5.68. The van der Waals surface area contributed by atoms with Crippen molar-refractivity contribution in [1.29, 1.82) is 0 Å². The molecule has 39 heavy (non-hydrogen) atoms. The van der Waals surface area contributed by atoms with Crippen molar-refractivity contribution < 1.29 is 33.4 Å². The van der Waals surface area contributed by atoms with E-state index in [0.29, 0.717) is 45.3 Å². The van der Waals surface area contributed by atoms with Crippen LogP contribution in [0.4, 0.5) is 0 Å². The van der Waals surface area contributed by atoms with Gasteiger partial charge in [-0.1, -0.05) is 50.5 Å². The van der Waals surface area contributed by atoms with Crippen LogP contribution in [0, 0.1) is 11.3 Å². The third-order valence-corrected chi connectivity index (χ3v) is 7.82. The summed E-state index contributed by atoms with van der Waals surface area (Å²) in [4.78, 5) is 50.6. The van der Waals surface area contributed by atoms with Crippen LogP contribution in [0.25, 0.3) is 0 Å². The van der Waals surface area contributed by atoms with Crippen LogP contribution in [0.1, 0.15) is 103 Å². The van der Waals surface area contributed by atoms with Crippen molar-refractivity contribution in [3.05, 3.63) is 35.4 Å². The molecule has 0 bridgehead atoms. The molecule has 2 rings (SSSR count). The number of ketones is 2. The molecule has 0 aromatic heterocycles. The van der Waals surface area contributed by atoms with Crippen LogP contribution < -0.4 is 0 Å². The Morgan fingerprint density at radius 1 is 0.974 bits per heavy atom. The number of hydrogen-bond donors (Lipinski definition) is 0. The van der Waals surface area contributed by atoms with Gasteiger partial charge in [-0.05, 0) is 76.3 Å². The fourth-order valence-electron chi connectivity index (χ4n) is 5.68. The minimum absolute atomic E-state index is 0.0108. The summed E-state index contributed by atoms with van der Waals surface area (Å²) in [5.41, 5.74) is 0.591. The number of Topliss-reactive ketones (excluding diaryl/α,β-unsaturated/α-hetero) is 2. The van der Waals surface area contributed by atoms with Gasteiger partial charge in [0.05, 0.1) is 25.9 Å². The summed E-state index contributed by atoms with van der Waals surface area (Å²) in [5.74, 6) is -0.830. The highest BCUT2D eigenvalue weighted by Crippen LogP contribution is 2.47. The Labute approximate surface area is 234 Å². The monoisotopic (exact) mass is 544 g/mol. The molecular formula is C32H48O7. The van der Waals surface area contributed by atoms with Gasteiger partial charge in [0.2, 0.25) is 0 Å². The molecule has 1 aliphatic carbocycles. The molecule has 0 saturated heterocycles. The second kappa shape index (κ2) is 17.2. The number of hydrogen-bond acceptors (Lipinski definition) is 7. The normalized spacial score (nSPS) is 19.6. The van der Waals surface area contributed by atoms with E-state index in [9.17, 15) is 19.2 Å². The van der Waals surface area contributed by atoms with Gasteiger partial charge in [0.25, 0.3) is 0 Å². The van der Waals surface area contributed by atoms with Crippen molar-refractivity contribution in [2.75, 3.05) is 19.8 Å². The lowest BCUT2D eigenvalue weighted by molar-refractivity contribution is -0.162. The first-order valence-electron chi connectivity index (χ1n) is 14.8. The third kappa shape index (κ3) is 9.86. The number of carbonyl (C=O) groups is 4. The van der Waals surface area contributed by atoms with E-state index in [1.54, 1.807) is 20.8 Å². The Morgan fingerprint density at radius 2 is 1.69 bits per heavy atom. The zero-order valence-electron chi connectivity index (χ0n) is 24.4. The van der Waals surface area contributed by atoms with E-state index < -0.39 is 11.4 Å². The molecule has 0 amide bonds. The lowest BCUT2D eigenvalue weighted by atomic mass is 9.70. The van der Waals surface area contributed by atoms with E-state index >= 15 is 0 Å². The van der Waals surface area contributed by atoms with Crippen LogP contribution in [-0.2, 0) is 46.2 Å². The Kier molecular flexibility index (Phi) is 14.4. The molecule has 218 valence electrons. The van der Waals surface area contributed by atoms with E-state index in [-0.39, 0.29) is 49.0 Å². The number of carbonyl (C=O) groups excluding carboxylic acids is 4. The highest BCUT2D eigenvalue weighted by molar-refractivity contribution is 6.06. The van der Waals surface area contributed by atoms with Gasteiger partial charge in [-0.25, -0.2) is 0 Å². The number of unbranched alkanes of at least 4 members (excludes halogenated alkanes) is 2. The molecule has 3 atom stereocenters. The number of rotatable bonds is 19. The molecule has 1 fully saturated rings. The Hall–Kier alpha value is -2.54. The van der Waals surface area contributed by atoms with Gasteiger partial charge in [0.1, 0.15) is 11.2 Å². The summed E-state index contributed by atoms with van der Waals surface area (Å²) in [6, 6.07) is 7.72. The summed E-state index contributed by atoms with van der Waals surface area (Å²) < 4.78 is 16.7. The van der Waals surface area contributed by atoms with Crippen LogP contribution in [0.5, 0.6) is 0 Å². The average molecular weight is 545 g/mol. The summed E-state index contributed by atoms with van der Waals surface area (Å²) in [6.07, 6.45) is 7.92. The molecule has 3 unspecified atom stereocenters. The molecule has 0 heterocycles. The number of benzene rings is 1. The van der Waals surface area contributed by atoms with Crippen molar-refractivity contribution >= 4 is 23.5 Å². The first-order valence-corrected chi connectivity index (χ1v) is 14.8. The molecule has 0 radical (unpaired) electrons. The van der Waals surface area contributed by atoms with Crippen molar-refractivity contribution in [3.63, 3.8) is 0 Å². The average Bonchev–Trinajstić information content (AvgIpc) is 3.22. The summed E-state index contributed by atoms with van der Waals surface area (Å²) in [7, 11) is 0. The smallest absolute Gasteiger partial charge is 0.320 e. The summed E-state index contributed by atoms with van der Waals surface area (Å²) >= 11 is 0. The second-order valence-electron chi connectivity index (χ2n) is 10.6. The van der Waals surface area contributed by atoms with Gasteiger partial charge in [-0.15, -0.1) is 0 Å². The van der Waals surface area contributed by atoms with Gasteiger partial charge in [-0.3, -0.25) is 19.2 Å². The minimum atomic E-state index is -1.25. The van der Waals surface area contributed by atoms with Crippen molar-refractivity contribution in [2.45, 2.75) is 111 Å². The standard InChI is InChI=1S/C32H48O7/c1-5-8-9-14-28(39-22-21-24(4)33)18-16-27-17-19-29(34)32(27,31(36)38-7-3)23-26-13-11-10-12-25(26)15-20-30(35)37-6-2/h10-13,27-28H,5-9,14-23H2,1-4H3. The maximum Gasteiger partial charge on any atom is 0.320 e. The molecular weight excluding hydrogens is 496 g/mol. The zero-order chi connectivity index (χ0) is 28.7. The summed E-state index contributed by atoms with van der Waals surface area (Å²) in [5, 5.41) is 0. The Bertz CT molecular complexity index is 940. The first kappa shape index (κ1) is 32.7. The molecule has 0 aliphatic heterocycles. The topological polar surface area (TPSA) is 96.0 Å². The molecule has 1 saturated carbocycles. The van der Waals surface area contributed by atoms with Gasteiger partial charge in [0.15, 0.2) is 5.78 Å². The SMILES string of the molecule is CCCCCC(CCC1CCC(=O)C1(Cc1ccccc1CCC(=O)OCC)C(=O)OCC)OCCC(C)=O. The van der Waals surface area contributed by atoms with E-state index in [2.05, 4.69) is 6.92 Å². The molecule has 0 N–H and O–H groups in total. The van der Waals surface area contributed by atoms with Crippen molar-refractivity contribution in [1.82, 2.24) is 0 Å². The van der Waals surface area contributed by atoms with Crippen LogP contribution in [-0.4, -0.2) is 49.4 Å². The van der Waals surface area contributed by atoms with Crippen LogP contribution in [0.2, 0.25) is 0 Å². The first-order chi connectivity index (χ1) is 18.8. The molecule has 0 spiro atoms. The van der Waals surface area contributed by atoms with Crippen LogP contribution in [0.15, 0.2) is 24.3 Å². The summed E-state index contributed by atoms with van der Waals surface area (Å²) in [6.45, 7) is 8.21. The second-order valence-corrected chi connectivity index (χ2v) is 10.6. The molecule has 7 nitrogen and oxygen atoms in total. The maximum absolute atomic E-state index is 13.6. The lowest BCUT2D eigenvalue weighted by Crippen LogP contribution is -2.44. The molecule has 7 heteroatoms. The van der Waals surface area contributed by atoms with Crippen molar-refractivity contribution in [3.8, 4) is 0 Å². The maximum atomic E-state index is 13.6. The van der Waals surface area contributed by atoms with Gasteiger partial charge < -0.3 is 14.2 Å². The number of esters is 2. The fraction of sp³-hybridized carbons (Fsp3) is 0.688. The number of ether oxygens (including phenoxy) is 3. The van der Waals surface area contributed by atoms with Gasteiger partial charge in [0, 0.05) is 19.3 Å². The molecule has 1 aliphatic rings. The highest BCUT2D eigenvalue weighted by atomic mass is 16.5. The van der Waals surface area contributed by atoms with Crippen molar-refractivity contribution in [2.24, 2.45) is 11.3 Å². The highest BCUT2D eigenvalue weighted by Gasteiger charge is 2.56. The minimum Gasteiger partial charge on any atom is -0.466 e. The number of aryl methyl sites for hydroxylation is 1. The van der Waals surface area contributed by atoms with Crippen LogP contribution >= 0.6 is 0 Å². The van der Waals surface area contributed by atoms with E-state index in [1.165, 1.54) is 0 Å².